The quantitative estimate of drug-likeness (QED) is 0.787. The summed E-state index contributed by atoms with van der Waals surface area (Å²) in [5, 5.41) is 11.7. The van der Waals surface area contributed by atoms with Crippen molar-refractivity contribution < 1.29 is 9.90 Å². The second kappa shape index (κ2) is 6.58. The van der Waals surface area contributed by atoms with Crippen LogP contribution in [0.5, 0.6) is 0 Å². The van der Waals surface area contributed by atoms with Crippen LogP contribution < -0.4 is 5.32 Å². The van der Waals surface area contributed by atoms with E-state index >= 15 is 0 Å². The minimum atomic E-state index is -0.781. The van der Waals surface area contributed by atoms with Crippen LogP contribution in [0.3, 0.4) is 0 Å². The van der Waals surface area contributed by atoms with Gasteiger partial charge in [-0.15, -0.1) is 0 Å². The van der Waals surface area contributed by atoms with Crippen LogP contribution in [0.15, 0.2) is 12.5 Å². The Morgan fingerprint density at radius 3 is 3.05 bits per heavy atom. The normalized spacial score (nSPS) is 23.3. The fraction of sp³-hybridized carbons (Fsp3) is 0.733. The van der Waals surface area contributed by atoms with E-state index in [1.54, 1.807) is 0 Å². The van der Waals surface area contributed by atoms with Gasteiger partial charge >= 0.3 is 5.97 Å². The number of carboxylic acid groups (broad SMARTS) is 1. The van der Waals surface area contributed by atoms with Crippen molar-refractivity contribution in [3.05, 3.63) is 18.2 Å². The van der Waals surface area contributed by atoms with Crippen molar-refractivity contribution in [1.82, 2.24) is 19.8 Å². The van der Waals surface area contributed by atoms with Gasteiger partial charge in [-0.1, -0.05) is 0 Å². The van der Waals surface area contributed by atoms with Crippen LogP contribution in [0.4, 0.5) is 0 Å². The van der Waals surface area contributed by atoms with Crippen molar-refractivity contribution in [2.75, 3.05) is 26.2 Å². The highest BCUT2D eigenvalue weighted by molar-refractivity contribution is 5.68. The second-order valence-electron chi connectivity index (χ2n) is 6.29. The number of piperidine rings is 1. The van der Waals surface area contributed by atoms with Gasteiger partial charge in [0.1, 0.15) is 0 Å². The summed E-state index contributed by atoms with van der Waals surface area (Å²) in [6.07, 6.45) is 8.89. The first-order chi connectivity index (χ1) is 10.2. The summed E-state index contributed by atoms with van der Waals surface area (Å²) in [6.45, 7) is 4.00. The zero-order chi connectivity index (χ0) is 14.7. The molecule has 2 N–H and O–H groups in total. The largest absolute Gasteiger partial charge is 0.480 e. The highest BCUT2D eigenvalue weighted by Gasteiger charge is 2.27. The van der Waals surface area contributed by atoms with Crippen molar-refractivity contribution >= 4 is 5.97 Å². The van der Waals surface area contributed by atoms with E-state index in [1.807, 2.05) is 12.5 Å². The third kappa shape index (κ3) is 4.04. The first-order valence-corrected chi connectivity index (χ1v) is 7.88. The molecule has 0 spiro atoms. The number of nitrogens with one attached hydrogen (secondary N) is 1. The second-order valence-corrected chi connectivity index (χ2v) is 6.29. The molecule has 3 rings (SSSR count). The predicted molar refractivity (Wildman–Crippen MR) is 79.0 cm³/mol. The Balaban J connectivity index is 1.49. The Hall–Kier alpha value is -1.40. The van der Waals surface area contributed by atoms with Crippen molar-refractivity contribution in [3.63, 3.8) is 0 Å². The maximum absolute atomic E-state index is 10.5. The molecule has 2 fully saturated rings. The number of nitrogens with zero attached hydrogens (tertiary/aromatic N) is 3. The fourth-order valence-electron chi connectivity index (χ4n) is 3.21. The maximum atomic E-state index is 10.5. The van der Waals surface area contributed by atoms with Gasteiger partial charge < -0.3 is 15.0 Å². The van der Waals surface area contributed by atoms with Gasteiger partial charge in [0, 0.05) is 25.3 Å². The lowest BCUT2D eigenvalue weighted by Gasteiger charge is -2.32. The molecule has 1 aliphatic heterocycles. The molecule has 1 atom stereocenters. The maximum Gasteiger partial charge on any atom is 0.317 e. The summed E-state index contributed by atoms with van der Waals surface area (Å²) in [5.41, 5.74) is 1.32. The van der Waals surface area contributed by atoms with Gasteiger partial charge in [-0.05, 0) is 44.7 Å². The standard InChI is InChI=1S/C15H24N4O2/c20-15(21)8-16-6-12-2-1-5-18(9-12)10-14-7-17-11-19(14)13-3-4-13/h7,11-13,16H,1-6,8-10H2,(H,20,21). The minimum absolute atomic E-state index is 0.0605. The molecule has 1 aromatic rings. The molecule has 6 nitrogen and oxygen atoms in total. The number of aromatic nitrogens is 2. The predicted octanol–water partition coefficient (Wildman–Crippen LogP) is 1.10. The first-order valence-electron chi connectivity index (χ1n) is 7.88. The smallest absolute Gasteiger partial charge is 0.317 e. The third-order valence-electron chi connectivity index (χ3n) is 4.38. The lowest BCUT2D eigenvalue weighted by molar-refractivity contribution is -0.136. The van der Waals surface area contributed by atoms with Crippen molar-refractivity contribution in [3.8, 4) is 0 Å². The van der Waals surface area contributed by atoms with E-state index in [2.05, 4.69) is 19.8 Å². The summed E-state index contributed by atoms with van der Waals surface area (Å²) in [6, 6.07) is 0.681. The molecular formula is C15H24N4O2. The lowest BCUT2D eigenvalue weighted by Crippen LogP contribution is -2.40. The van der Waals surface area contributed by atoms with E-state index in [4.69, 9.17) is 5.11 Å². The van der Waals surface area contributed by atoms with Gasteiger partial charge in [0.05, 0.1) is 18.6 Å². The number of carbonyl (C=O) groups is 1. The third-order valence-corrected chi connectivity index (χ3v) is 4.38. The number of likely N-dealkylation sites (tertiary alicyclic amines) is 1. The number of aliphatic carboxylic acids is 1. The molecule has 0 aromatic carbocycles. The van der Waals surface area contributed by atoms with Gasteiger partial charge in [-0.25, -0.2) is 4.98 Å². The van der Waals surface area contributed by atoms with E-state index in [0.717, 1.165) is 26.2 Å². The molecule has 1 unspecified atom stereocenters. The molecular weight excluding hydrogens is 268 g/mol. The van der Waals surface area contributed by atoms with Gasteiger partial charge in [-0.2, -0.15) is 0 Å². The molecule has 21 heavy (non-hydrogen) atoms. The molecule has 0 bridgehead atoms. The summed E-state index contributed by atoms with van der Waals surface area (Å²) in [4.78, 5) is 17.3. The van der Waals surface area contributed by atoms with Crippen molar-refractivity contribution in [1.29, 1.82) is 0 Å². The number of hydrogen-bond donors (Lipinski definition) is 2. The molecule has 2 heterocycles. The minimum Gasteiger partial charge on any atom is -0.480 e. The fourth-order valence-corrected chi connectivity index (χ4v) is 3.21. The van der Waals surface area contributed by atoms with Gasteiger partial charge in [0.2, 0.25) is 0 Å². The number of carboxylic acids is 1. The van der Waals surface area contributed by atoms with E-state index in [-0.39, 0.29) is 6.54 Å². The summed E-state index contributed by atoms with van der Waals surface area (Å²) in [5.74, 6) is -0.230. The zero-order valence-corrected chi connectivity index (χ0v) is 12.4. The Labute approximate surface area is 125 Å². The SMILES string of the molecule is O=C(O)CNCC1CCCN(Cc2cncn2C2CC2)C1. The molecule has 2 aliphatic rings. The molecule has 116 valence electrons. The van der Waals surface area contributed by atoms with Crippen LogP contribution in [0.2, 0.25) is 0 Å². The van der Waals surface area contributed by atoms with Crippen LogP contribution in [-0.4, -0.2) is 51.7 Å². The molecule has 1 saturated carbocycles. The van der Waals surface area contributed by atoms with E-state index in [1.165, 1.54) is 31.4 Å². The topological polar surface area (TPSA) is 70.4 Å². The summed E-state index contributed by atoms with van der Waals surface area (Å²) < 4.78 is 2.33. The van der Waals surface area contributed by atoms with E-state index in [9.17, 15) is 4.79 Å². The first kappa shape index (κ1) is 14.5. The van der Waals surface area contributed by atoms with Crippen LogP contribution in [0.1, 0.15) is 37.4 Å². The Morgan fingerprint density at radius 1 is 1.43 bits per heavy atom. The van der Waals surface area contributed by atoms with Gasteiger partial charge in [0.15, 0.2) is 0 Å². The molecule has 0 amide bonds. The average molecular weight is 292 g/mol. The molecule has 6 heteroatoms. The van der Waals surface area contributed by atoms with Crippen molar-refractivity contribution in [2.45, 2.75) is 38.3 Å². The Morgan fingerprint density at radius 2 is 2.29 bits per heavy atom. The highest BCUT2D eigenvalue weighted by Crippen LogP contribution is 2.36. The Bertz CT molecular complexity index is 484. The van der Waals surface area contributed by atoms with Crippen LogP contribution in [0.25, 0.3) is 0 Å². The Kier molecular flexibility index (Phi) is 4.55. The van der Waals surface area contributed by atoms with Crippen LogP contribution in [0, 0.1) is 5.92 Å². The zero-order valence-electron chi connectivity index (χ0n) is 12.4. The van der Waals surface area contributed by atoms with Crippen molar-refractivity contribution in [2.24, 2.45) is 5.92 Å². The van der Waals surface area contributed by atoms with Crippen LogP contribution >= 0.6 is 0 Å². The lowest BCUT2D eigenvalue weighted by atomic mass is 9.98. The number of rotatable bonds is 7. The molecule has 1 aromatic heterocycles. The summed E-state index contributed by atoms with van der Waals surface area (Å²) in [7, 11) is 0. The molecule has 1 saturated heterocycles. The molecule has 0 radical (unpaired) electrons. The van der Waals surface area contributed by atoms with E-state index < -0.39 is 5.97 Å². The highest BCUT2D eigenvalue weighted by atomic mass is 16.4. The monoisotopic (exact) mass is 292 g/mol. The van der Waals surface area contributed by atoms with Gasteiger partial charge in [0.25, 0.3) is 0 Å². The number of imidazole rings is 1. The van der Waals surface area contributed by atoms with Crippen LogP contribution in [-0.2, 0) is 11.3 Å². The summed E-state index contributed by atoms with van der Waals surface area (Å²) >= 11 is 0. The molecule has 1 aliphatic carbocycles. The van der Waals surface area contributed by atoms with E-state index in [0.29, 0.717) is 12.0 Å². The number of hydrogen-bond acceptors (Lipinski definition) is 4. The van der Waals surface area contributed by atoms with Gasteiger partial charge in [-0.3, -0.25) is 9.69 Å². The average Bonchev–Trinajstić information content (AvgIpc) is 3.20.